The van der Waals surface area contributed by atoms with E-state index in [1.165, 1.54) is 11.4 Å². The summed E-state index contributed by atoms with van der Waals surface area (Å²) < 4.78 is 0. The van der Waals surface area contributed by atoms with Crippen LogP contribution in [0.25, 0.3) is 6.08 Å². The molecular formula is C12H16N2. The zero-order valence-electron chi connectivity index (χ0n) is 8.96. The molecule has 0 atom stereocenters. The van der Waals surface area contributed by atoms with Gasteiger partial charge in [-0.15, -0.1) is 0 Å². The second kappa shape index (κ2) is 3.12. The number of aliphatic imine (C=N–C) groups is 1. The summed E-state index contributed by atoms with van der Waals surface area (Å²) in [6.45, 7) is 6.58. The number of nitrogens with zero attached hydrogens (tertiary/aromatic N) is 1. The van der Waals surface area contributed by atoms with Gasteiger partial charge in [-0.1, -0.05) is 13.8 Å². The second-order valence-electron chi connectivity index (χ2n) is 4.52. The number of aromatic amines is 1. The predicted octanol–water partition coefficient (Wildman–Crippen LogP) is 3.25. The molecule has 74 valence electrons. The van der Waals surface area contributed by atoms with E-state index in [-0.39, 0.29) is 5.41 Å². The van der Waals surface area contributed by atoms with Gasteiger partial charge < -0.3 is 4.98 Å². The Bertz CT molecular complexity index is 380. The lowest BCUT2D eigenvalue weighted by Gasteiger charge is -2.15. The van der Waals surface area contributed by atoms with E-state index in [1.807, 2.05) is 12.3 Å². The lowest BCUT2D eigenvalue weighted by molar-refractivity contribution is 0.541. The molecule has 0 fully saturated rings. The Balaban J connectivity index is 2.25. The standard InChI is InChI=1S/C12H16N2/c1-9-12(2,3)8-11(14-9)7-10-5-4-6-13-10/h4-7,13H,8H2,1-3H3/b11-7-. The van der Waals surface area contributed by atoms with Gasteiger partial charge in [-0.25, -0.2) is 0 Å². The highest BCUT2D eigenvalue weighted by molar-refractivity contribution is 5.91. The van der Waals surface area contributed by atoms with Gasteiger partial charge in [0, 0.05) is 35.1 Å². The summed E-state index contributed by atoms with van der Waals surface area (Å²) in [5.74, 6) is 0. The van der Waals surface area contributed by atoms with Crippen LogP contribution in [0.3, 0.4) is 0 Å². The Labute approximate surface area is 84.8 Å². The molecule has 1 N–H and O–H groups in total. The number of allylic oxidation sites excluding steroid dienone is 1. The third-order valence-electron chi connectivity index (χ3n) is 2.86. The molecule has 1 aliphatic rings. The molecule has 14 heavy (non-hydrogen) atoms. The summed E-state index contributed by atoms with van der Waals surface area (Å²) in [6.07, 6.45) is 5.10. The van der Waals surface area contributed by atoms with Crippen molar-refractivity contribution in [1.82, 2.24) is 4.98 Å². The van der Waals surface area contributed by atoms with Crippen LogP contribution in [-0.2, 0) is 0 Å². The van der Waals surface area contributed by atoms with Crippen LogP contribution in [0.4, 0.5) is 0 Å². The summed E-state index contributed by atoms with van der Waals surface area (Å²) in [4.78, 5) is 7.73. The van der Waals surface area contributed by atoms with Crippen molar-refractivity contribution in [2.45, 2.75) is 27.2 Å². The summed E-state index contributed by atoms with van der Waals surface area (Å²) >= 11 is 0. The molecule has 0 radical (unpaired) electrons. The molecule has 0 spiro atoms. The van der Waals surface area contributed by atoms with Gasteiger partial charge in [0.05, 0.1) is 0 Å². The fraction of sp³-hybridized carbons (Fsp3) is 0.417. The Kier molecular flexibility index (Phi) is 2.06. The summed E-state index contributed by atoms with van der Waals surface area (Å²) in [6, 6.07) is 4.06. The number of rotatable bonds is 1. The minimum absolute atomic E-state index is 0.235. The van der Waals surface area contributed by atoms with E-state index < -0.39 is 0 Å². The van der Waals surface area contributed by atoms with E-state index in [0.29, 0.717) is 0 Å². The second-order valence-corrected chi connectivity index (χ2v) is 4.52. The van der Waals surface area contributed by atoms with E-state index in [9.17, 15) is 0 Å². The van der Waals surface area contributed by atoms with Gasteiger partial charge in [0.2, 0.25) is 0 Å². The van der Waals surface area contributed by atoms with E-state index >= 15 is 0 Å². The molecule has 0 aliphatic carbocycles. The first kappa shape index (κ1) is 9.25. The van der Waals surface area contributed by atoms with Crippen molar-refractivity contribution >= 4 is 11.8 Å². The first-order chi connectivity index (χ1) is 6.58. The van der Waals surface area contributed by atoms with Crippen molar-refractivity contribution in [3.05, 3.63) is 29.7 Å². The predicted molar refractivity (Wildman–Crippen MR) is 60.3 cm³/mol. The largest absolute Gasteiger partial charge is 0.362 e. The van der Waals surface area contributed by atoms with Crippen LogP contribution in [0.5, 0.6) is 0 Å². The molecular weight excluding hydrogens is 172 g/mol. The number of H-pyrrole nitrogens is 1. The third kappa shape index (κ3) is 1.65. The highest BCUT2D eigenvalue weighted by Crippen LogP contribution is 2.35. The zero-order chi connectivity index (χ0) is 10.2. The molecule has 2 heteroatoms. The summed E-state index contributed by atoms with van der Waals surface area (Å²) in [7, 11) is 0. The van der Waals surface area contributed by atoms with E-state index in [0.717, 1.165) is 12.1 Å². The van der Waals surface area contributed by atoms with Gasteiger partial charge in [0.25, 0.3) is 0 Å². The van der Waals surface area contributed by atoms with E-state index in [2.05, 4.69) is 42.9 Å². The molecule has 2 rings (SSSR count). The fourth-order valence-corrected chi connectivity index (χ4v) is 1.68. The lowest BCUT2D eigenvalue weighted by atomic mass is 9.86. The van der Waals surface area contributed by atoms with E-state index in [1.54, 1.807) is 0 Å². The van der Waals surface area contributed by atoms with Crippen LogP contribution >= 0.6 is 0 Å². The summed E-state index contributed by atoms with van der Waals surface area (Å²) in [5.41, 5.74) is 3.78. The van der Waals surface area contributed by atoms with Crippen molar-refractivity contribution in [2.75, 3.05) is 0 Å². The SMILES string of the molecule is CC1=N/C(=C\c2ccc[nH]2)CC1(C)C. The highest BCUT2D eigenvalue weighted by Gasteiger charge is 2.28. The Morgan fingerprint density at radius 2 is 2.29 bits per heavy atom. The molecule has 0 amide bonds. The number of hydrogen-bond donors (Lipinski definition) is 1. The Morgan fingerprint density at radius 3 is 2.79 bits per heavy atom. The maximum absolute atomic E-state index is 4.57. The highest BCUT2D eigenvalue weighted by atomic mass is 14.8. The van der Waals surface area contributed by atoms with Gasteiger partial charge in [0.15, 0.2) is 0 Å². The van der Waals surface area contributed by atoms with Crippen LogP contribution in [-0.4, -0.2) is 10.7 Å². The van der Waals surface area contributed by atoms with Crippen LogP contribution < -0.4 is 0 Å². The number of nitrogens with one attached hydrogen (secondary N) is 1. The van der Waals surface area contributed by atoms with E-state index in [4.69, 9.17) is 0 Å². The van der Waals surface area contributed by atoms with Crippen LogP contribution in [0.1, 0.15) is 32.9 Å². The molecule has 0 saturated heterocycles. The van der Waals surface area contributed by atoms with Gasteiger partial charge in [-0.2, -0.15) is 0 Å². The zero-order valence-corrected chi connectivity index (χ0v) is 8.96. The first-order valence-corrected chi connectivity index (χ1v) is 4.98. The molecule has 2 heterocycles. The average molecular weight is 188 g/mol. The van der Waals surface area contributed by atoms with Gasteiger partial charge >= 0.3 is 0 Å². The summed E-state index contributed by atoms with van der Waals surface area (Å²) in [5, 5.41) is 0. The van der Waals surface area contributed by atoms with Crippen LogP contribution in [0, 0.1) is 5.41 Å². The molecule has 1 aromatic heterocycles. The molecule has 0 unspecified atom stereocenters. The molecule has 0 aromatic carbocycles. The quantitative estimate of drug-likeness (QED) is 0.700. The smallest absolute Gasteiger partial charge is 0.0432 e. The van der Waals surface area contributed by atoms with Crippen molar-refractivity contribution in [3.63, 3.8) is 0 Å². The van der Waals surface area contributed by atoms with Crippen molar-refractivity contribution in [1.29, 1.82) is 0 Å². The van der Waals surface area contributed by atoms with Crippen LogP contribution in [0.15, 0.2) is 29.0 Å². The Morgan fingerprint density at radius 1 is 1.50 bits per heavy atom. The fourth-order valence-electron chi connectivity index (χ4n) is 1.68. The maximum Gasteiger partial charge on any atom is 0.0432 e. The minimum Gasteiger partial charge on any atom is -0.362 e. The maximum atomic E-state index is 4.57. The minimum atomic E-state index is 0.235. The third-order valence-corrected chi connectivity index (χ3v) is 2.86. The van der Waals surface area contributed by atoms with Crippen molar-refractivity contribution in [3.8, 4) is 0 Å². The normalized spacial score (nSPS) is 22.8. The van der Waals surface area contributed by atoms with Gasteiger partial charge in [-0.05, 0) is 25.1 Å². The lowest BCUT2D eigenvalue weighted by Crippen LogP contribution is -2.15. The van der Waals surface area contributed by atoms with Crippen molar-refractivity contribution in [2.24, 2.45) is 10.4 Å². The van der Waals surface area contributed by atoms with Crippen LogP contribution in [0.2, 0.25) is 0 Å². The number of hydrogen-bond acceptors (Lipinski definition) is 1. The number of aromatic nitrogens is 1. The topological polar surface area (TPSA) is 28.1 Å². The van der Waals surface area contributed by atoms with Gasteiger partial charge in [0.1, 0.15) is 0 Å². The monoisotopic (exact) mass is 188 g/mol. The molecule has 0 bridgehead atoms. The average Bonchev–Trinajstić information content (AvgIpc) is 2.62. The molecule has 1 aromatic rings. The Hall–Kier alpha value is -1.31. The van der Waals surface area contributed by atoms with Gasteiger partial charge in [-0.3, -0.25) is 4.99 Å². The molecule has 2 nitrogen and oxygen atoms in total. The van der Waals surface area contributed by atoms with Crippen molar-refractivity contribution < 1.29 is 0 Å². The first-order valence-electron chi connectivity index (χ1n) is 4.98. The molecule has 0 saturated carbocycles. The molecule has 1 aliphatic heterocycles.